The first kappa shape index (κ1) is 19.1. The molecule has 0 aliphatic carbocycles. The first-order chi connectivity index (χ1) is 12.7. The van der Waals surface area contributed by atoms with E-state index < -0.39 is 5.60 Å². The summed E-state index contributed by atoms with van der Waals surface area (Å²) in [6.07, 6.45) is 1.70. The summed E-state index contributed by atoms with van der Waals surface area (Å²) in [7, 11) is 0. The van der Waals surface area contributed by atoms with Crippen LogP contribution in [0.1, 0.15) is 42.9 Å². The van der Waals surface area contributed by atoms with Crippen molar-refractivity contribution in [1.29, 1.82) is 0 Å². The standard InChI is InChI=1S/C23H31NO2/c1-3-19-10-12-21(13-11-19)23(25,4-2)22(20-8-6-5-7-9-20)18-24-14-16-26-17-15-24/h5-13,22,25H,3-4,14-18H2,1-2H3/t22-,23+/m0/s1. The van der Waals surface area contributed by atoms with Gasteiger partial charge in [0.1, 0.15) is 0 Å². The van der Waals surface area contributed by atoms with Crippen LogP contribution in [0.15, 0.2) is 54.6 Å². The Kier molecular flexibility index (Phi) is 6.47. The first-order valence-corrected chi connectivity index (χ1v) is 9.84. The van der Waals surface area contributed by atoms with Gasteiger partial charge in [-0.25, -0.2) is 0 Å². The highest BCUT2D eigenvalue weighted by Crippen LogP contribution is 2.40. The second-order valence-corrected chi connectivity index (χ2v) is 7.20. The van der Waals surface area contributed by atoms with E-state index in [4.69, 9.17) is 4.74 Å². The van der Waals surface area contributed by atoms with Gasteiger partial charge in [-0.05, 0) is 29.5 Å². The van der Waals surface area contributed by atoms with Crippen LogP contribution in [0, 0.1) is 0 Å². The summed E-state index contributed by atoms with van der Waals surface area (Å²) in [4.78, 5) is 2.42. The average Bonchev–Trinajstić information content (AvgIpc) is 2.73. The quantitative estimate of drug-likeness (QED) is 0.818. The Bertz CT molecular complexity index is 664. The van der Waals surface area contributed by atoms with Crippen molar-refractivity contribution in [3.8, 4) is 0 Å². The molecule has 0 radical (unpaired) electrons. The predicted octanol–water partition coefficient (Wildman–Crippen LogP) is 3.96. The minimum atomic E-state index is -0.883. The Morgan fingerprint density at radius 2 is 1.65 bits per heavy atom. The van der Waals surface area contributed by atoms with Crippen molar-refractivity contribution in [3.63, 3.8) is 0 Å². The SMILES string of the molecule is CCc1ccc([C@](O)(CC)[C@@H](CN2CCOCC2)c2ccccc2)cc1. The molecule has 26 heavy (non-hydrogen) atoms. The molecule has 1 heterocycles. The number of nitrogens with zero attached hydrogens (tertiary/aromatic N) is 1. The molecule has 0 spiro atoms. The number of hydrogen-bond donors (Lipinski definition) is 1. The fourth-order valence-electron chi connectivity index (χ4n) is 3.94. The molecule has 0 bridgehead atoms. The van der Waals surface area contributed by atoms with Crippen molar-refractivity contribution < 1.29 is 9.84 Å². The number of morpholine rings is 1. The monoisotopic (exact) mass is 353 g/mol. The molecule has 3 rings (SSSR count). The molecule has 1 aliphatic rings. The van der Waals surface area contributed by atoms with Gasteiger partial charge < -0.3 is 9.84 Å². The number of aliphatic hydroxyl groups is 1. The number of rotatable bonds is 7. The lowest BCUT2D eigenvalue weighted by atomic mass is 9.75. The molecule has 0 saturated carbocycles. The molecule has 1 aliphatic heterocycles. The van der Waals surface area contributed by atoms with Gasteiger partial charge in [-0.3, -0.25) is 4.90 Å². The Morgan fingerprint density at radius 1 is 1.00 bits per heavy atom. The Hall–Kier alpha value is -1.68. The van der Waals surface area contributed by atoms with Crippen molar-refractivity contribution in [1.82, 2.24) is 4.90 Å². The maximum absolute atomic E-state index is 11.8. The van der Waals surface area contributed by atoms with E-state index in [0.717, 1.165) is 44.8 Å². The maximum Gasteiger partial charge on any atom is 0.0974 e. The van der Waals surface area contributed by atoms with Crippen LogP contribution in [-0.2, 0) is 16.8 Å². The van der Waals surface area contributed by atoms with Crippen molar-refractivity contribution in [2.45, 2.75) is 38.2 Å². The number of ether oxygens (including phenoxy) is 1. The molecular formula is C23H31NO2. The largest absolute Gasteiger partial charge is 0.384 e. The van der Waals surface area contributed by atoms with Crippen LogP contribution < -0.4 is 0 Å². The van der Waals surface area contributed by atoms with Crippen LogP contribution >= 0.6 is 0 Å². The topological polar surface area (TPSA) is 32.7 Å². The molecule has 2 aromatic rings. The van der Waals surface area contributed by atoms with E-state index in [1.54, 1.807) is 0 Å². The summed E-state index contributed by atoms with van der Waals surface area (Å²) >= 11 is 0. The van der Waals surface area contributed by atoms with Crippen molar-refractivity contribution in [2.75, 3.05) is 32.8 Å². The molecule has 0 amide bonds. The smallest absolute Gasteiger partial charge is 0.0974 e. The highest BCUT2D eigenvalue weighted by Gasteiger charge is 2.39. The van der Waals surface area contributed by atoms with E-state index >= 15 is 0 Å². The lowest BCUT2D eigenvalue weighted by Crippen LogP contribution is -2.44. The fourth-order valence-corrected chi connectivity index (χ4v) is 3.94. The molecule has 1 N–H and O–H groups in total. The summed E-state index contributed by atoms with van der Waals surface area (Å²) in [5, 5.41) is 11.8. The van der Waals surface area contributed by atoms with E-state index in [0.29, 0.717) is 6.42 Å². The highest BCUT2D eigenvalue weighted by atomic mass is 16.5. The van der Waals surface area contributed by atoms with Crippen LogP contribution in [0.5, 0.6) is 0 Å². The molecule has 2 atom stereocenters. The summed E-state index contributed by atoms with van der Waals surface area (Å²) in [5.74, 6) is 0.0271. The second kappa shape index (κ2) is 8.81. The fraction of sp³-hybridized carbons (Fsp3) is 0.478. The van der Waals surface area contributed by atoms with E-state index in [2.05, 4.69) is 67.3 Å². The van der Waals surface area contributed by atoms with Crippen molar-refractivity contribution >= 4 is 0 Å². The van der Waals surface area contributed by atoms with Gasteiger partial charge >= 0.3 is 0 Å². The molecular weight excluding hydrogens is 322 g/mol. The molecule has 3 nitrogen and oxygen atoms in total. The first-order valence-electron chi connectivity index (χ1n) is 9.84. The normalized spacial score (nSPS) is 19.0. The molecule has 0 aromatic heterocycles. The van der Waals surface area contributed by atoms with Crippen LogP contribution in [0.25, 0.3) is 0 Å². The van der Waals surface area contributed by atoms with E-state index in [1.807, 2.05) is 6.07 Å². The van der Waals surface area contributed by atoms with Gasteiger partial charge in [-0.1, -0.05) is 68.4 Å². The zero-order valence-corrected chi connectivity index (χ0v) is 16.0. The number of hydrogen-bond acceptors (Lipinski definition) is 3. The third-order valence-electron chi connectivity index (χ3n) is 5.72. The molecule has 2 aromatic carbocycles. The predicted molar refractivity (Wildman–Crippen MR) is 106 cm³/mol. The average molecular weight is 354 g/mol. The minimum absolute atomic E-state index is 0.0271. The lowest BCUT2D eigenvalue weighted by Gasteiger charge is -2.40. The summed E-state index contributed by atoms with van der Waals surface area (Å²) in [6, 6.07) is 19.0. The molecule has 1 fully saturated rings. The van der Waals surface area contributed by atoms with Crippen LogP contribution in [0.2, 0.25) is 0 Å². The third-order valence-corrected chi connectivity index (χ3v) is 5.72. The van der Waals surface area contributed by atoms with Gasteiger partial charge in [0, 0.05) is 25.6 Å². The van der Waals surface area contributed by atoms with Gasteiger partial charge in [-0.2, -0.15) is 0 Å². The summed E-state index contributed by atoms with van der Waals surface area (Å²) in [5.41, 5.74) is 2.63. The minimum Gasteiger partial charge on any atom is -0.384 e. The van der Waals surface area contributed by atoms with Gasteiger partial charge in [0.05, 0.1) is 18.8 Å². The summed E-state index contributed by atoms with van der Waals surface area (Å²) < 4.78 is 5.50. The van der Waals surface area contributed by atoms with Crippen molar-refractivity contribution in [3.05, 3.63) is 71.3 Å². The van der Waals surface area contributed by atoms with E-state index in [-0.39, 0.29) is 5.92 Å². The Morgan fingerprint density at radius 3 is 2.23 bits per heavy atom. The third kappa shape index (κ3) is 4.17. The number of aryl methyl sites for hydroxylation is 1. The highest BCUT2D eigenvalue weighted by molar-refractivity contribution is 5.33. The Labute approximate surface area is 157 Å². The molecule has 140 valence electrons. The van der Waals surface area contributed by atoms with E-state index in [9.17, 15) is 5.11 Å². The van der Waals surface area contributed by atoms with E-state index in [1.165, 1.54) is 11.1 Å². The van der Waals surface area contributed by atoms with Crippen LogP contribution in [-0.4, -0.2) is 42.9 Å². The number of benzene rings is 2. The van der Waals surface area contributed by atoms with Crippen molar-refractivity contribution in [2.24, 2.45) is 0 Å². The van der Waals surface area contributed by atoms with Gasteiger partial charge in [0.25, 0.3) is 0 Å². The maximum atomic E-state index is 11.8. The molecule has 3 heteroatoms. The Balaban J connectivity index is 1.95. The lowest BCUT2D eigenvalue weighted by molar-refractivity contribution is -0.0250. The van der Waals surface area contributed by atoms with Gasteiger partial charge in [-0.15, -0.1) is 0 Å². The van der Waals surface area contributed by atoms with Crippen LogP contribution in [0.3, 0.4) is 0 Å². The zero-order chi connectivity index (χ0) is 18.4. The second-order valence-electron chi connectivity index (χ2n) is 7.20. The molecule has 0 unspecified atom stereocenters. The van der Waals surface area contributed by atoms with Gasteiger partial charge in [0.2, 0.25) is 0 Å². The van der Waals surface area contributed by atoms with Crippen LogP contribution in [0.4, 0.5) is 0 Å². The zero-order valence-electron chi connectivity index (χ0n) is 16.0. The summed E-state index contributed by atoms with van der Waals surface area (Å²) in [6.45, 7) is 8.49. The molecule has 1 saturated heterocycles. The van der Waals surface area contributed by atoms with Gasteiger partial charge in [0.15, 0.2) is 0 Å².